The number of rotatable bonds is 5. The maximum atomic E-state index is 10.1. The number of carboxylic acid groups (broad SMARTS) is 1. The predicted molar refractivity (Wildman–Crippen MR) is 42.3 cm³/mol. The van der Waals surface area contributed by atoms with Gasteiger partial charge in [-0.05, 0) is 18.8 Å². The van der Waals surface area contributed by atoms with Gasteiger partial charge in [-0.3, -0.25) is 4.79 Å². The van der Waals surface area contributed by atoms with Crippen LogP contribution in [0.25, 0.3) is 0 Å². The van der Waals surface area contributed by atoms with Crippen LogP contribution in [0.15, 0.2) is 0 Å². The molecule has 0 saturated heterocycles. The van der Waals surface area contributed by atoms with Crippen molar-refractivity contribution < 1.29 is 15.0 Å². The van der Waals surface area contributed by atoms with Gasteiger partial charge < -0.3 is 10.2 Å². The SMILES string of the molecule is CC(C)C[C@@H](O)CCC(=O)O. The topological polar surface area (TPSA) is 57.5 Å². The van der Waals surface area contributed by atoms with Crippen molar-refractivity contribution in [1.82, 2.24) is 0 Å². The van der Waals surface area contributed by atoms with E-state index in [0.717, 1.165) is 0 Å². The second-order valence-corrected chi connectivity index (χ2v) is 3.22. The van der Waals surface area contributed by atoms with E-state index in [2.05, 4.69) is 0 Å². The Morgan fingerprint density at radius 3 is 2.36 bits per heavy atom. The van der Waals surface area contributed by atoms with Crippen molar-refractivity contribution in [2.45, 2.75) is 39.2 Å². The van der Waals surface area contributed by atoms with Gasteiger partial charge in [0.05, 0.1) is 6.10 Å². The molecule has 0 heterocycles. The van der Waals surface area contributed by atoms with Crippen molar-refractivity contribution >= 4 is 5.97 Å². The number of hydrogen-bond donors (Lipinski definition) is 2. The van der Waals surface area contributed by atoms with Gasteiger partial charge in [0.15, 0.2) is 0 Å². The first-order chi connectivity index (χ1) is 5.02. The zero-order valence-electron chi connectivity index (χ0n) is 7.08. The van der Waals surface area contributed by atoms with Gasteiger partial charge >= 0.3 is 5.97 Å². The zero-order chi connectivity index (χ0) is 8.85. The molecule has 66 valence electrons. The highest BCUT2D eigenvalue weighted by Gasteiger charge is 2.08. The smallest absolute Gasteiger partial charge is 0.303 e. The summed E-state index contributed by atoms with van der Waals surface area (Å²) in [5, 5.41) is 17.5. The van der Waals surface area contributed by atoms with E-state index in [1.807, 2.05) is 13.8 Å². The van der Waals surface area contributed by atoms with E-state index in [0.29, 0.717) is 18.8 Å². The largest absolute Gasteiger partial charge is 0.481 e. The van der Waals surface area contributed by atoms with Gasteiger partial charge in [-0.1, -0.05) is 13.8 Å². The van der Waals surface area contributed by atoms with Crippen LogP contribution in [0.5, 0.6) is 0 Å². The van der Waals surface area contributed by atoms with E-state index in [9.17, 15) is 9.90 Å². The Morgan fingerprint density at radius 1 is 1.45 bits per heavy atom. The van der Waals surface area contributed by atoms with E-state index in [-0.39, 0.29) is 6.42 Å². The monoisotopic (exact) mass is 160 g/mol. The van der Waals surface area contributed by atoms with Crippen LogP contribution >= 0.6 is 0 Å². The molecule has 0 radical (unpaired) electrons. The molecule has 2 N–H and O–H groups in total. The summed E-state index contributed by atoms with van der Waals surface area (Å²) in [6.07, 6.45) is 0.667. The second-order valence-electron chi connectivity index (χ2n) is 3.22. The first-order valence-electron chi connectivity index (χ1n) is 3.92. The van der Waals surface area contributed by atoms with Crippen LogP contribution < -0.4 is 0 Å². The number of carboxylic acids is 1. The number of aliphatic carboxylic acids is 1. The molecule has 0 aliphatic carbocycles. The van der Waals surface area contributed by atoms with E-state index >= 15 is 0 Å². The summed E-state index contributed by atoms with van der Waals surface area (Å²) in [5.41, 5.74) is 0. The quantitative estimate of drug-likeness (QED) is 0.636. The Bertz CT molecular complexity index is 121. The molecule has 0 aliphatic heterocycles. The molecule has 0 spiro atoms. The standard InChI is InChI=1S/C8H16O3/c1-6(2)5-7(9)3-4-8(10)11/h6-7,9H,3-5H2,1-2H3,(H,10,11)/t7-/m0/s1. The molecule has 11 heavy (non-hydrogen) atoms. The van der Waals surface area contributed by atoms with Crippen LogP contribution in [-0.2, 0) is 4.79 Å². The number of hydrogen-bond acceptors (Lipinski definition) is 2. The first kappa shape index (κ1) is 10.4. The molecule has 3 nitrogen and oxygen atoms in total. The van der Waals surface area contributed by atoms with Gasteiger partial charge in [-0.25, -0.2) is 0 Å². The lowest BCUT2D eigenvalue weighted by molar-refractivity contribution is -0.137. The van der Waals surface area contributed by atoms with Crippen molar-refractivity contribution in [2.24, 2.45) is 5.92 Å². The molecular weight excluding hydrogens is 144 g/mol. The molecule has 0 rings (SSSR count). The van der Waals surface area contributed by atoms with Gasteiger partial charge in [0.2, 0.25) is 0 Å². The van der Waals surface area contributed by atoms with Crippen molar-refractivity contribution in [3.05, 3.63) is 0 Å². The summed E-state index contributed by atoms with van der Waals surface area (Å²) in [5.74, 6) is -0.411. The third-order valence-corrected chi connectivity index (χ3v) is 1.43. The fourth-order valence-corrected chi connectivity index (χ4v) is 0.952. The summed E-state index contributed by atoms with van der Waals surface area (Å²) in [6.45, 7) is 4.01. The van der Waals surface area contributed by atoms with E-state index in [1.54, 1.807) is 0 Å². The highest BCUT2D eigenvalue weighted by molar-refractivity contribution is 5.66. The third kappa shape index (κ3) is 7.33. The first-order valence-corrected chi connectivity index (χ1v) is 3.92. The maximum absolute atomic E-state index is 10.1. The predicted octanol–water partition coefficient (Wildman–Crippen LogP) is 1.26. The van der Waals surface area contributed by atoms with Crippen LogP contribution in [0, 0.1) is 5.92 Å². The molecule has 0 unspecified atom stereocenters. The summed E-state index contributed by atoms with van der Waals surface area (Å²) in [4.78, 5) is 10.1. The normalized spacial score (nSPS) is 13.5. The van der Waals surface area contributed by atoms with E-state index < -0.39 is 12.1 Å². The third-order valence-electron chi connectivity index (χ3n) is 1.43. The van der Waals surface area contributed by atoms with Crippen molar-refractivity contribution in [3.63, 3.8) is 0 Å². The Morgan fingerprint density at radius 2 is 2.00 bits per heavy atom. The second kappa shape index (κ2) is 5.13. The molecule has 0 bridgehead atoms. The molecule has 1 atom stereocenters. The Balaban J connectivity index is 3.37. The average molecular weight is 160 g/mol. The summed E-state index contributed by atoms with van der Waals surface area (Å²) >= 11 is 0. The van der Waals surface area contributed by atoms with Crippen molar-refractivity contribution in [2.75, 3.05) is 0 Å². The number of carbonyl (C=O) groups is 1. The molecule has 0 fully saturated rings. The molecule has 0 aromatic rings. The minimum Gasteiger partial charge on any atom is -0.481 e. The molecule has 0 aliphatic rings. The molecule has 0 aromatic carbocycles. The fraction of sp³-hybridized carbons (Fsp3) is 0.875. The van der Waals surface area contributed by atoms with Crippen LogP contribution in [0.3, 0.4) is 0 Å². The van der Waals surface area contributed by atoms with Crippen molar-refractivity contribution in [3.8, 4) is 0 Å². The lowest BCUT2D eigenvalue weighted by atomic mass is 10.0. The lowest BCUT2D eigenvalue weighted by Gasteiger charge is -2.10. The number of aliphatic hydroxyl groups excluding tert-OH is 1. The Hall–Kier alpha value is -0.570. The van der Waals surface area contributed by atoms with E-state index in [4.69, 9.17) is 5.11 Å². The Labute approximate surface area is 67.0 Å². The summed E-state index contributed by atoms with van der Waals surface area (Å²) in [6, 6.07) is 0. The van der Waals surface area contributed by atoms with E-state index in [1.165, 1.54) is 0 Å². The highest BCUT2D eigenvalue weighted by Crippen LogP contribution is 2.08. The highest BCUT2D eigenvalue weighted by atomic mass is 16.4. The van der Waals surface area contributed by atoms with Gasteiger partial charge in [0.25, 0.3) is 0 Å². The van der Waals surface area contributed by atoms with Gasteiger partial charge in [-0.2, -0.15) is 0 Å². The lowest BCUT2D eigenvalue weighted by Crippen LogP contribution is -2.11. The Kier molecular flexibility index (Phi) is 4.86. The number of aliphatic hydroxyl groups is 1. The van der Waals surface area contributed by atoms with Crippen LogP contribution in [0.1, 0.15) is 33.1 Å². The molecular formula is C8H16O3. The zero-order valence-corrected chi connectivity index (χ0v) is 7.08. The average Bonchev–Trinajstić information content (AvgIpc) is 1.82. The van der Waals surface area contributed by atoms with Crippen molar-refractivity contribution in [1.29, 1.82) is 0 Å². The molecule has 0 saturated carbocycles. The maximum Gasteiger partial charge on any atom is 0.303 e. The summed E-state index contributed by atoms with van der Waals surface area (Å²) in [7, 11) is 0. The molecule has 3 heteroatoms. The van der Waals surface area contributed by atoms with Crippen LogP contribution in [-0.4, -0.2) is 22.3 Å². The minimum atomic E-state index is -0.840. The minimum absolute atomic E-state index is 0.0634. The van der Waals surface area contributed by atoms with Crippen LogP contribution in [0.2, 0.25) is 0 Å². The van der Waals surface area contributed by atoms with Crippen LogP contribution in [0.4, 0.5) is 0 Å². The van der Waals surface area contributed by atoms with Gasteiger partial charge in [0.1, 0.15) is 0 Å². The molecule has 0 aromatic heterocycles. The fourth-order valence-electron chi connectivity index (χ4n) is 0.952. The van der Waals surface area contributed by atoms with Gasteiger partial charge in [0, 0.05) is 6.42 Å². The van der Waals surface area contributed by atoms with Gasteiger partial charge in [-0.15, -0.1) is 0 Å². The molecule has 0 amide bonds. The summed E-state index contributed by atoms with van der Waals surface area (Å²) < 4.78 is 0.